The van der Waals surface area contributed by atoms with E-state index in [2.05, 4.69) is 15.6 Å². The maximum atomic E-state index is 13.1. The van der Waals surface area contributed by atoms with Crippen LogP contribution in [-0.4, -0.2) is 33.4 Å². The average Bonchev–Trinajstić information content (AvgIpc) is 3.21. The molecule has 8 nitrogen and oxygen atoms in total. The number of nitrogens with one attached hydrogen (secondary N) is 2. The van der Waals surface area contributed by atoms with Crippen LogP contribution in [0.4, 0.5) is 24.7 Å². The zero-order chi connectivity index (χ0) is 27.2. The molecule has 5 aromatic rings. The molecule has 192 valence electrons. The number of fused-ring (bicyclic) bond motifs is 2. The van der Waals surface area contributed by atoms with Crippen molar-refractivity contribution in [2.24, 2.45) is 5.73 Å². The van der Waals surface area contributed by atoms with Crippen molar-refractivity contribution >= 4 is 45.5 Å². The van der Waals surface area contributed by atoms with Gasteiger partial charge in [-0.25, -0.2) is 9.97 Å². The molecular formula is C27H21F3N6O2. The van der Waals surface area contributed by atoms with Gasteiger partial charge >= 0.3 is 6.18 Å². The van der Waals surface area contributed by atoms with Crippen LogP contribution in [0.5, 0.6) is 0 Å². The first kappa shape index (κ1) is 24.8. The fourth-order valence-corrected chi connectivity index (χ4v) is 4.32. The third kappa shape index (κ3) is 4.27. The first-order chi connectivity index (χ1) is 18.1. The van der Waals surface area contributed by atoms with Gasteiger partial charge in [0.1, 0.15) is 16.9 Å². The molecule has 0 saturated heterocycles. The molecule has 38 heavy (non-hydrogen) atoms. The number of primary amides is 1. The number of halogens is 3. The summed E-state index contributed by atoms with van der Waals surface area (Å²) in [6.45, 7) is 1.83. The number of benzene rings is 3. The van der Waals surface area contributed by atoms with Crippen LogP contribution in [0.15, 0.2) is 66.7 Å². The zero-order valence-corrected chi connectivity index (χ0v) is 20.2. The largest absolute Gasteiger partial charge is 0.416 e. The molecule has 0 atom stereocenters. The second-order valence-electron chi connectivity index (χ2n) is 8.59. The number of alkyl halides is 3. The monoisotopic (exact) mass is 518 g/mol. The van der Waals surface area contributed by atoms with E-state index < -0.39 is 23.6 Å². The molecule has 0 unspecified atom stereocenters. The fraction of sp³-hybridized carbons (Fsp3) is 0.111. The summed E-state index contributed by atoms with van der Waals surface area (Å²) < 4.78 is 41.0. The molecule has 2 amide bonds. The first-order valence-electron chi connectivity index (χ1n) is 11.5. The lowest BCUT2D eigenvalue weighted by atomic mass is 10.1. The summed E-state index contributed by atoms with van der Waals surface area (Å²) in [7, 11) is 1.63. The second-order valence-corrected chi connectivity index (χ2v) is 8.59. The van der Waals surface area contributed by atoms with E-state index in [4.69, 9.17) is 10.7 Å². The lowest BCUT2D eigenvalue weighted by Crippen LogP contribution is -2.15. The third-order valence-electron chi connectivity index (χ3n) is 6.10. The second kappa shape index (κ2) is 9.18. The lowest BCUT2D eigenvalue weighted by molar-refractivity contribution is -0.137. The van der Waals surface area contributed by atoms with Gasteiger partial charge in [-0.1, -0.05) is 24.3 Å². The summed E-state index contributed by atoms with van der Waals surface area (Å²) in [5, 5.41) is 5.66. The Morgan fingerprint density at radius 3 is 2.32 bits per heavy atom. The highest BCUT2D eigenvalue weighted by Gasteiger charge is 2.31. The number of aromatic nitrogens is 3. The molecule has 0 aliphatic rings. The lowest BCUT2D eigenvalue weighted by Gasteiger charge is -2.15. The van der Waals surface area contributed by atoms with E-state index in [0.717, 1.165) is 17.7 Å². The van der Waals surface area contributed by atoms with Crippen molar-refractivity contribution in [3.05, 3.63) is 89.0 Å². The Hall–Kier alpha value is -4.93. The highest BCUT2D eigenvalue weighted by atomic mass is 19.4. The molecule has 0 aliphatic carbocycles. The molecule has 0 bridgehead atoms. The van der Waals surface area contributed by atoms with Gasteiger partial charge in [0.15, 0.2) is 5.65 Å². The van der Waals surface area contributed by atoms with Gasteiger partial charge in [-0.3, -0.25) is 14.2 Å². The molecule has 0 saturated carbocycles. The number of carbonyl (C=O) groups excluding carboxylic acids is 2. The Balaban J connectivity index is 1.64. The highest BCUT2D eigenvalue weighted by molar-refractivity contribution is 6.11. The molecule has 0 spiro atoms. The molecule has 2 aromatic heterocycles. The van der Waals surface area contributed by atoms with Crippen LogP contribution in [0.2, 0.25) is 0 Å². The zero-order valence-electron chi connectivity index (χ0n) is 20.2. The summed E-state index contributed by atoms with van der Waals surface area (Å²) in [5.41, 5.74) is 8.33. The van der Waals surface area contributed by atoms with Crippen molar-refractivity contribution in [2.75, 3.05) is 17.7 Å². The Morgan fingerprint density at radius 2 is 1.66 bits per heavy atom. The summed E-state index contributed by atoms with van der Waals surface area (Å²) >= 11 is 0. The predicted octanol–water partition coefficient (Wildman–Crippen LogP) is 5.29. The van der Waals surface area contributed by atoms with E-state index in [1.54, 1.807) is 41.9 Å². The summed E-state index contributed by atoms with van der Waals surface area (Å²) in [6, 6.07) is 16.4. The van der Waals surface area contributed by atoms with Crippen molar-refractivity contribution in [2.45, 2.75) is 13.1 Å². The van der Waals surface area contributed by atoms with Gasteiger partial charge in [0.25, 0.3) is 11.8 Å². The molecule has 5 rings (SSSR count). The number of hydrogen-bond acceptors (Lipinski definition) is 5. The normalized spacial score (nSPS) is 11.6. The smallest absolute Gasteiger partial charge is 0.373 e. The van der Waals surface area contributed by atoms with Crippen LogP contribution in [0.25, 0.3) is 27.9 Å². The summed E-state index contributed by atoms with van der Waals surface area (Å²) in [6.07, 6.45) is -4.57. The molecule has 3 aromatic carbocycles. The quantitative estimate of drug-likeness (QED) is 0.292. The topological polar surface area (TPSA) is 115 Å². The van der Waals surface area contributed by atoms with E-state index in [1.807, 2.05) is 19.1 Å². The minimum atomic E-state index is -4.57. The van der Waals surface area contributed by atoms with Gasteiger partial charge in [0.2, 0.25) is 0 Å². The molecule has 0 fully saturated rings. The average molecular weight is 518 g/mol. The van der Waals surface area contributed by atoms with Crippen molar-refractivity contribution in [1.82, 2.24) is 14.5 Å². The summed E-state index contributed by atoms with van der Waals surface area (Å²) in [4.78, 5) is 34.7. The minimum absolute atomic E-state index is 0.141. The number of hydrogen-bond donors (Lipinski definition) is 3. The molecule has 0 aliphatic heterocycles. The van der Waals surface area contributed by atoms with Crippen LogP contribution in [0.3, 0.4) is 0 Å². The Bertz CT molecular complexity index is 1740. The van der Waals surface area contributed by atoms with E-state index >= 15 is 0 Å². The van der Waals surface area contributed by atoms with E-state index in [0.29, 0.717) is 39.4 Å². The Kier molecular flexibility index (Phi) is 5.98. The number of anilines is 2. The highest BCUT2D eigenvalue weighted by Crippen LogP contribution is 2.35. The van der Waals surface area contributed by atoms with E-state index in [1.165, 1.54) is 12.1 Å². The van der Waals surface area contributed by atoms with Crippen molar-refractivity contribution < 1.29 is 22.8 Å². The number of nitrogens with two attached hydrogens (primary N) is 1. The Labute approximate surface area is 214 Å². The van der Waals surface area contributed by atoms with Crippen molar-refractivity contribution in [3.63, 3.8) is 0 Å². The van der Waals surface area contributed by atoms with Gasteiger partial charge in [-0.05, 0) is 55.0 Å². The Morgan fingerprint density at radius 1 is 0.947 bits per heavy atom. The predicted molar refractivity (Wildman–Crippen MR) is 139 cm³/mol. The van der Waals surface area contributed by atoms with Gasteiger partial charge in [0.05, 0.1) is 22.3 Å². The van der Waals surface area contributed by atoms with Crippen molar-refractivity contribution in [1.29, 1.82) is 0 Å². The van der Waals surface area contributed by atoms with Crippen LogP contribution < -0.4 is 16.4 Å². The summed E-state index contributed by atoms with van der Waals surface area (Å²) in [5.74, 6) is -1.05. The first-order valence-corrected chi connectivity index (χ1v) is 11.5. The third-order valence-corrected chi connectivity index (χ3v) is 6.10. The number of rotatable bonds is 5. The maximum absolute atomic E-state index is 13.1. The maximum Gasteiger partial charge on any atom is 0.416 e. The number of carbonyl (C=O) groups is 2. The molecule has 0 radical (unpaired) electrons. The molecule has 11 heteroatoms. The SMILES string of the molecule is CNc1c(C(N)=O)c2nc3ccccc3nc2n1-c1cc(NC(=O)c2cccc(C(F)(F)F)c2)ccc1C. The van der Waals surface area contributed by atoms with Gasteiger partial charge in [0, 0.05) is 18.3 Å². The molecule has 4 N–H and O–H groups in total. The van der Waals surface area contributed by atoms with Crippen LogP contribution in [0.1, 0.15) is 31.8 Å². The van der Waals surface area contributed by atoms with Gasteiger partial charge in [-0.2, -0.15) is 13.2 Å². The van der Waals surface area contributed by atoms with Crippen molar-refractivity contribution in [3.8, 4) is 5.69 Å². The number of aryl methyl sites for hydroxylation is 1. The van der Waals surface area contributed by atoms with E-state index in [-0.39, 0.29) is 11.1 Å². The fourth-order valence-electron chi connectivity index (χ4n) is 4.32. The molecule has 2 heterocycles. The number of para-hydroxylation sites is 2. The van der Waals surface area contributed by atoms with Crippen LogP contribution >= 0.6 is 0 Å². The molecular weight excluding hydrogens is 497 g/mol. The van der Waals surface area contributed by atoms with Crippen LogP contribution in [0, 0.1) is 6.92 Å². The van der Waals surface area contributed by atoms with Gasteiger partial charge < -0.3 is 16.4 Å². The van der Waals surface area contributed by atoms with Gasteiger partial charge in [-0.15, -0.1) is 0 Å². The standard InChI is InChI=1S/C27H21F3N6O2/c1-14-10-11-17(33-26(38)15-6-5-7-16(12-15)27(28,29)30)13-20(14)36-24(32-2)21(23(31)37)22-25(36)35-19-9-4-3-8-18(19)34-22/h3-13,32H,1-2H3,(H2,31,37)(H,33,38). The number of amides is 2. The number of nitrogens with zero attached hydrogens (tertiary/aromatic N) is 3. The minimum Gasteiger partial charge on any atom is -0.373 e. The van der Waals surface area contributed by atoms with E-state index in [9.17, 15) is 22.8 Å². The van der Waals surface area contributed by atoms with Crippen LogP contribution in [-0.2, 0) is 6.18 Å².